The van der Waals surface area contributed by atoms with E-state index >= 15 is 0 Å². The van der Waals surface area contributed by atoms with Crippen LogP contribution in [0, 0.1) is 5.92 Å². The average molecular weight is 726 g/mol. The molecule has 52 heavy (non-hydrogen) atoms. The molecule has 0 unspecified atom stereocenters. The summed E-state index contributed by atoms with van der Waals surface area (Å²) in [5.41, 5.74) is 1.94. The quantitative estimate of drug-likeness (QED) is 0.135. The lowest BCUT2D eigenvalue weighted by atomic mass is 9.72. The third-order valence-electron chi connectivity index (χ3n) is 11.2. The predicted octanol–water partition coefficient (Wildman–Crippen LogP) is 10.9. The molecule has 1 saturated carbocycles. The summed E-state index contributed by atoms with van der Waals surface area (Å²) >= 11 is 6.19. The zero-order chi connectivity index (χ0) is 36.5. The van der Waals surface area contributed by atoms with Gasteiger partial charge in [0.1, 0.15) is 28.8 Å². The van der Waals surface area contributed by atoms with E-state index in [4.69, 9.17) is 16.3 Å². The molecule has 0 heterocycles. The molecule has 0 radical (unpaired) electrons. The van der Waals surface area contributed by atoms with Gasteiger partial charge < -0.3 is 4.74 Å². The summed E-state index contributed by atoms with van der Waals surface area (Å²) < 4.78 is 7.06. The van der Waals surface area contributed by atoms with Gasteiger partial charge >= 0.3 is 0 Å². The molecule has 2 aliphatic carbocycles. The molecular weight excluding hydrogens is 679 g/mol. The Kier molecular flexibility index (Phi) is 10.1. The van der Waals surface area contributed by atoms with Gasteiger partial charge in [-0.25, -0.2) is 0 Å². The van der Waals surface area contributed by atoms with E-state index < -0.39 is 12.9 Å². The number of hydrogen-bond donors (Lipinski definition) is 0. The maximum absolute atomic E-state index is 14.5. The molecule has 5 aromatic carbocycles. The van der Waals surface area contributed by atoms with Crippen LogP contribution in [-0.4, -0.2) is 22.3 Å². The van der Waals surface area contributed by atoms with Crippen molar-refractivity contribution in [3.63, 3.8) is 0 Å². The number of Topliss-reactive ketones (excluding diaryl/α,β-unsaturated/α-hetero) is 2. The third-order valence-corrected chi connectivity index (χ3v) is 16.6. The average Bonchev–Trinajstić information content (AvgIpc) is 3.15. The summed E-state index contributed by atoms with van der Waals surface area (Å²) in [6, 6.07) is 48.0. The summed E-state index contributed by atoms with van der Waals surface area (Å²) in [4.78, 5) is 28.9. The topological polar surface area (TPSA) is 43.4 Å². The van der Waals surface area contributed by atoms with Crippen LogP contribution in [-0.2, 0) is 4.74 Å². The molecule has 2 aliphatic rings. The van der Waals surface area contributed by atoms with E-state index in [-0.39, 0.29) is 28.4 Å². The maximum atomic E-state index is 14.5. The molecule has 0 aromatic heterocycles. The number of ketones is 2. The highest BCUT2D eigenvalue weighted by Crippen LogP contribution is 2.68. The van der Waals surface area contributed by atoms with Crippen LogP contribution in [0.1, 0.15) is 92.0 Å². The SMILES string of the molecule is CC(C)(CC(C)(C)[P+](c1ccccc1)(c1ccccc1)c1ccccc1)OC1=C(C2CCC(c3ccc(Cl)cc3)CC2)C(=O)c2ccccc2C1=O. The molecule has 0 amide bonds. The largest absolute Gasteiger partial charge is 0.483 e. The van der Waals surface area contributed by atoms with Crippen molar-refractivity contribution < 1.29 is 14.3 Å². The van der Waals surface area contributed by atoms with E-state index in [0.717, 1.165) is 30.7 Å². The number of fused-ring (bicyclic) bond motifs is 1. The number of ether oxygens (including phenoxy) is 1. The van der Waals surface area contributed by atoms with Crippen molar-refractivity contribution in [2.45, 2.75) is 76.5 Å². The van der Waals surface area contributed by atoms with Crippen LogP contribution in [0.15, 0.2) is 151 Å². The molecule has 0 saturated heterocycles. The molecule has 3 nitrogen and oxygen atoms in total. The van der Waals surface area contributed by atoms with Crippen LogP contribution in [0.5, 0.6) is 0 Å². The first kappa shape index (κ1) is 36.1. The fourth-order valence-corrected chi connectivity index (χ4v) is 14.8. The van der Waals surface area contributed by atoms with Gasteiger partial charge in [0.05, 0.1) is 5.16 Å². The van der Waals surface area contributed by atoms with Crippen LogP contribution in [0.25, 0.3) is 0 Å². The molecule has 7 rings (SSSR count). The summed E-state index contributed by atoms with van der Waals surface area (Å²) in [5.74, 6) is 0.309. The van der Waals surface area contributed by atoms with Crippen LogP contribution in [0.2, 0.25) is 5.02 Å². The van der Waals surface area contributed by atoms with Gasteiger partial charge in [0.2, 0.25) is 5.78 Å². The molecule has 5 aromatic rings. The zero-order valence-corrected chi connectivity index (χ0v) is 32.2. The van der Waals surface area contributed by atoms with Gasteiger partial charge in [0.15, 0.2) is 11.5 Å². The highest BCUT2D eigenvalue weighted by Gasteiger charge is 2.59. The Balaban J connectivity index is 1.28. The summed E-state index contributed by atoms with van der Waals surface area (Å²) in [6.07, 6.45) is 4.12. The van der Waals surface area contributed by atoms with Crippen molar-refractivity contribution in [1.82, 2.24) is 0 Å². The highest BCUT2D eigenvalue weighted by molar-refractivity contribution is 7.96. The molecule has 1 fully saturated rings. The monoisotopic (exact) mass is 725 g/mol. The van der Waals surface area contributed by atoms with E-state index in [9.17, 15) is 9.59 Å². The Bertz CT molecular complexity index is 1980. The zero-order valence-electron chi connectivity index (χ0n) is 30.5. The lowest BCUT2D eigenvalue weighted by Gasteiger charge is -2.44. The first-order chi connectivity index (χ1) is 25.0. The van der Waals surface area contributed by atoms with E-state index in [1.807, 2.05) is 24.3 Å². The summed E-state index contributed by atoms with van der Waals surface area (Å²) in [7, 11) is -2.32. The minimum Gasteiger partial charge on any atom is -0.483 e. The van der Waals surface area contributed by atoms with Crippen molar-refractivity contribution in [1.29, 1.82) is 0 Å². The van der Waals surface area contributed by atoms with E-state index in [0.29, 0.717) is 29.0 Å². The van der Waals surface area contributed by atoms with Crippen molar-refractivity contribution in [3.8, 4) is 0 Å². The maximum Gasteiger partial charge on any atom is 0.228 e. The van der Waals surface area contributed by atoms with Gasteiger partial charge in [0.25, 0.3) is 0 Å². The molecule has 264 valence electrons. The number of benzene rings is 5. The Hall–Kier alpha value is -4.30. The Morgan fingerprint density at radius 2 is 1.00 bits per heavy atom. The molecule has 0 bridgehead atoms. The molecule has 0 N–H and O–H groups in total. The fourth-order valence-electron chi connectivity index (χ4n) is 9.22. The highest BCUT2D eigenvalue weighted by atomic mass is 35.5. The number of carbonyl (C=O) groups is 2. The van der Waals surface area contributed by atoms with Gasteiger partial charge in [-0.2, -0.15) is 0 Å². The first-order valence-corrected chi connectivity index (χ1v) is 20.6. The predicted molar refractivity (Wildman–Crippen MR) is 217 cm³/mol. The Labute approximate surface area is 314 Å². The minimum absolute atomic E-state index is 0.0586. The van der Waals surface area contributed by atoms with Crippen molar-refractivity contribution in [3.05, 3.63) is 173 Å². The molecule has 0 spiro atoms. The lowest BCUT2D eigenvalue weighted by molar-refractivity contribution is 0.0146. The van der Waals surface area contributed by atoms with Gasteiger partial charge in [-0.3, -0.25) is 9.59 Å². The smallest absolute Gasteiger partial charge is 0.228 e. The number of allylic oxidation sites excluding steroid dienone is 2. The molecule has 0 atom stereocenters. The van der Waals surface area contributed by atoms with Crippen molar-refractivity contribution in [2.75, 3.05) is 0 Å². The number of carbonyl (C=O) groups excluding carboxylic acids is 2. The number of halogens is 1. The second kappa shape index (κ2) is 14.6. The first-order valence-electron chi connectivity index (χ1n) is 18.4. The van der Waals surface area contributed by atoms with E-state index in [1.165, 1.54) is 21.5 Å². The van der Waals surface area contributed by atoms with Crippen LogP contribution in [0.3, 0.4) is 0 Å². The second-order valence-electron chi connectivity index (χ2n) is 15.6. The van der Waals surface area contributed by atoms with Crippen molar-refractivity contribution >= 4 is 46.3 Å². The van der Waals surface area contributed by atoms with Crippen LogP contribution < -0.4 is 15.9 Å². The van der Waals surface area contributed by atoms with Gasteiger partial charge in [-0.15, -0.1) is 0 Å². The fraction of sp³-hybridized carbons (Fsp3) is 0.277. The molecule has 0 aliphatic heterocycles. The van der Waals surface area contributed by atoms with E-state index in [2.05, 4.69) is 131 Å². The lowest BCUT2D eigenvalue weighted by Crippen LogP contribution is -2.48. The number of hydrogen-bond acceptors (Lipinski definition) is 3. The Morgan fingerprint density at radius 1 is 0.577 bits per heavy atom. The standard InChI is InChI=1S/C47H47ClO3P/c1-46(2,32-47(3,4)52(37-16-8-5-9-17-37,38-18-10-6-11-19-38)39-20-12-7-13-21-39)51-45-42(43(49)40-22-14-15-23-41(40)44(45)50)35-26-24-33(25-27-35)34-28-30-36(48)31-29-34/h5-23,28-31,33,35H,24-27,32H2,1-4H3/q+1. The van der Waals surface area contributed by atoms with Crippen LogP contribution in [0.4, 0.5) is 0 Å². The second-order valence-corrected chi connectivity index (χ2v) is 20.1. The molecular formula is C47H47ClO3P+. The van der Waals surface area contributed by atoms with Crippen LogP contribution >= 0.6 is 18.9 Å². The summed E-state index contributed by atoms with van der Waals surface area (Å²) in [6.45, 7) is 8.89. The van der Waals surface area contributed by atoms with Gasteiger partial charge in [0, 0.05) is 28.1 Å². The van der Waals surface area contributed by atoms with Crippen molar-refractivity contribution in [2.24, 2.45) is 5.92 Å². The number of rotatable bonds is 10. The Morgan fingerprint density at radius 3 is 1.48 bits per heavy atom. The normalized spacial score (nSPS) is 18.2. The van der Waals surface area contributed by atoms with E-state index in [1.54, 1.807) is 12.1 Å². The summed E-state index contributed by atoms with van der Waals surface area (Å²) in [5, 5.41) is 4.28. The minimum atomic E-state index is -2.32. The van der Waals surface area contributed by atoms with Gasteiger partial charge in [-0.05, 0) is 119 Å². The third kappa shape index (κ3) is 6.70. The molecule has 5 heteroatoms. The van der Waals surface area contributed by atoms with Gasteiger partial charge in [-0.1, -0.05) is 103 Å².